The molecular formula is C12H17ClN4O2. The lowest BCUT2D eigenvalue weighted by atomic mass is 10.3. The fourth-order valence-corrected chi connectivity index (χ4v) is 2.23. The Labute approximate surface area is 117 Å². The molecule has 1 fully saturated rings. The Morgan fingerprint density at radius 1 is 1.53 bits per heavy atom. The van der Waals surface area contributed by atoms with Gasteiger partial charge < -0.3 is 14.3 Å². The molecule has 3 rings (SSSR count). The molecule has 6 nitrogen and oxygen atoms in total. The van der Waals surface area contributed by atoms with Crippen LogP contribution in [0.15, 0.2) is 27.3 Å². The van der Waals surface area contributed by atoms with Gasteiger partial charge in [0.2, 0.25) is 11.7 Å². The van der Waals surface area contributed by atoms with Crippen molar-refractivity contribution in [3.8, 4) is 11.6 Å². The first-order valence-electron chi connectivity index (χ1n) is 6.11. The van der Waals surface area contributed by atoms with E-state index in [2.05, 4.69) is 20.4 Å². The van der Waals surface area contributed by atoms with Gasteiger partial charge in [-0.1, -0.05) is 5.16 Å². The molecule has 7 heteroatoms. The molecule has 1 aliphatic rings. The van der Waals surface area contributed by atoms with Gasteiger partial charge in [0.25, 0.3) is 0 Å². The zero-order valence-corrected chi connectivity index (χ0v) is 11.5. The molecule has 104 valence electrons. The molecule has 1 N–H and O–H groups in total. The maximum atomic E-state index is 5.24. The third-order valence-electron chi connectivity index (χ3n) is 3.25. The molecule has 0 aliphatic carbocycles. The van der Waals surface area contributed by atoms with Crippen LogP contribution in [0.4, 0.5) is 0 Å². The maximum Gasteiger partial charge on any atom is 0.241 e. The quantitative estimate of drug-likeness (QED) is 0.919. The van der Waals surface area contributed by atoms with E-state index in [9.17, 15) is 0 Å². The molecule has 19 heavy (non-hydrogen) atoms. The maximum absolute atomic E-state index is 5.24. The van der Waals surface area contributed by atoms with Gasteiger partial charge in [-0.15, -0.1) is 12.4 Å². The van der Waals surface area contributed by atoms with Crippen molar-refractivity contribution in [2.24, 2.45) is 0 Å². The summed E-state index contributed by atoms with van der Waals surface area (Å²) in [6.07, 6.45) is 2.76. The molecule has 0 radical (unpaired) electrons. The lowest BCUT2D eigenvalue weighted by Crippen LogP contribution is -2.29. The minimum absolute atomic E-state index is 0. The standard InChI is InChI=1S/C12H16N4O2.ClH/c1-13-9-4-5-16(7-9)8-11-14-12(15-18-11)10-3-2-6-17-10;/h2-3,6,9,13H,4-5,7-8H2,1H3;1H. The van der Waals surface area contributed by atoms with Gasteiger partial charge in [0.1, 0.15) is 0 Å². The zero-order valence-electron chi connectivity index (χ0n) is 10.7. The summed E-state index contributed by atoms with van der Waals surface area (Å²) in [6, 6.07) is 4.20. The van der Waals surface area contributed by atoms with Crippen LogP contribution in [0.25, 0.3) is 11.6 Å². The van der Waals surface area contributed by atoms with E-state index in [1.54, 1.807) is 6.26 Å². The second-order valence-electron chi connectivity index (χ2n) is 4.50. The Kier molecular flexibility index (Phi) is 4.57. The van der Waals surface area contributed by atoms with Crippen molar-refractivity contribution in [3.63, 3.8) is 0 Å². The van der Waals surface area contributed by atoms with Gasteiger partial charge in [-0.05, 0) is 25.6 Å². The van der Waals surface area contributed by atoms with E-state index in [1.807, 2.05) is 19.2 Å². The summed E-state index contributed by atoms with van der Waals surface area (Å²) in [7, 11) is 2.00. The van der Waals surface area contributed by atoms with Crippen molar-refractivity contribution in [2.45, 2.75) is 19.0 Å². The molecule has 3 heterocycles. The molecular weight excluding hydrogens is 268 g/mol. The Morgan fingerprint density at radius 2 is 2.42 bits per heavy atom. The number of furan rings is 1. The predicted molar refractivity (Wildman–Crippen MR) is 72.0 cm³/mol. The van der Waals surface area contributed by atoms with E-state index < -0.39 is 0 Å². The van der Waals surface area contributed by atoms with Gasteiger partial charge in [0.05, 0.1) is 12.8 Å². The van der Waals surface area contributed by atoms with E-state index in [1.165, 1.54) is 0 Å². The van der Waals surface area contributed by atoms with Crippen LogP contribution >= 0.6 is 12.4 Å². The minimum Gasteiger partial charge on any atom is -0.461 e. The fourth-order valence-electron chi connectivity index (χ4n) is 2.23. The Balaban J connectivity index is 0.00000133. The van der Waals surface area contributed by atoms with Crippen LogP contribution in [0.5, 0.6) is 0 Å². The van der Waals surface area contributed by atoms with Crippen molar-refractivity contribution in [2.75, 3.05) is 20.1 Å². The van der Waals surface area contributed by atoms with E-state index in [0.29, 0.717) is 30.1 Å². The summed E-state index contributed by atoms with van der Waals surface area (Å²) in [5.41, 5.74) is 0. The first-order valence-corrected chi connectivity index (χ1v) is 6.11. The minimum atomic E-state index is 0. The summed E-state index contributed by atoms with van der Waals surface area (Å²) < 4.78 is 10.5. The normalized spacial score (nSPS) is 19.5. The van der Waals surface area contributed by atoms with E-state index in [0.717, 1.165) is 19.5 Å². The molecule has 2 aromatic heterocycles. The SMILES string of the molecule is CNC1CCN(Cc2nc(-c3ccco3)no2)C1.Cl. The monoisotopic (exact) mass is 284 g/mol. The zero-order chi connectivity index (χ0) is 12.4. The molecule has 1 unspecified atom stereocenters. The molecule has 1 aliphatic heterocycles. The number of nitrogens with zero attached hydrogens (tertiary/aromatic N) is 3. The number of aromatic nitrogens is 2. The largest absolute Gasteiger partial charge is 0.461 e. The highest BCUT2D eigenvalue weighted by Crippen LogP contribution is 2.17. The van der Waals surface area contributed by atoms with Gasteiger partial charge in [0.15, 0.2) is 5.76 Å². The van der Waals surface area contributed by atoms with Crippen LogP contribution in [0.1, 0.15) is 12.3 Å². The lowest BCUT2D eigenvalue weighted by molar-refractivity contribution is 0.263. The van der Waals surface area contributed by atoms with Crippen molar-refractivity contribution in [1.29, 1.82) is 0 Å². The van der Waals surface area contributed by atoms with E-state index >= 15 is 0 Å². The van der Waals surface area contributed by atoms with Gasteiger partial charge in [-0.2, -0.15) is 4.98 Å². The predicted octanol–water partition coefficient (Wildman–Crippen LogP) is 1.55. The molecule has 0 bridgehead atoms. The Morgan fingerprint density at radius 3 is 3.11 bits per heavy atom. The summed E-state index contributed by atoms with van der Waals surface area (Å²) >= 11 is 0. The van der Waals surface area contributed by atoms with Crippen LogP contribution in [0.3, 0.4) is 0 Å². The Hall–Kier alpha value is -1.37. The number of hydrogen-bond donors (Lipinski definition) is 1. The van der Waals surface area contributed by atoms with Crippen LogP contribution in [-0.4, -0.2) is 41.2 Å². The van der Waals surface area contributed by atoms with Gasteiger partial charge in [0, 0.05) is 19.1 Å². The van der Waals surface area contributed by atoms with E-state index in [4.69, 9.17) is 8.94 Å². The van der Waals surface area contributed by atoms with Crippen LogP contribution in [0.2, 0.25) is 0 Å². The smallest absolute Gasteiger partial charge is 0.241 e. The number of halogens is 1. The van der Waals surface area contributed by atoms with Crippen molar-refractivity contribution in [3.05, 3.63) is 24.3 Å². The summed E-state index contributed by atoms with van der Waals surface area (Å²) in [5.74, 6) is 1.79. The van der Waals surface area contributed by atoms with Gasteiger partial charge in [-0.25, -0.2) is 0 Å². The average Bonchev–Trinajstić information content (AvgIpc) is 3.10. The van der Waals surface area contributed by atoms with Crippen molar-refractivity contribution >= 4 is 12.4 Å². The van der Waals surface area contributed by atoms with Crippen molar-refractivity contribution in [1.82, 2.24) is 20.4 Å². The molecule has 2 aromatic rings. The first kappa shape index (κ1) is 14.0. The third kappa shape index (κ3) is 3.15. The van der Waals surface area contributed by atoms with Crippen LogP contribution < -0.4 is 5.32 Å². The molecule has 0 aromatic carbocycles. The van der Waals surface area contributed by atoms with Crippen LogP contribution in [-0.2, 0) is 6.54 Å². The molecule has 0 saturated carbocycles. The number of nitrogens with one attached hydrogen (secondary N) is 1. The number of likely N-dealkylation sites (tertiary alicyclic amines) is 1. The van der Waals surface area contributed by atoms with Crippen LogP contribution in [0, 0.1) is 0 Å². The molecule has 0 spiro atoms. The topological polar surface area (TPSA) is 67.3 Å². The highest BCUT2D eigenvalue weighted by Gasteiger charge is 2.23. The lowest BCUT2D eigenvalue weighted by Gasteiger charge is -2.12. The molecule has 0 amide bonds. The fraction of sp³-hybridized carbons (Fsp3) is 0.500. The summed E-state index contributed by atoms with van der Waals surface area (Å²) in [5, 5.41) is 7.20. The first-order chi connectivity index (χ1) is 8.85. The number of hydrogen-bond acceptors (Lipinski definition) is 6. The van der Waals surface area contributed by atoms with Gasteiger partial charge in [-0.3, -0.25) is 4.90 Å². The third-order valence-corrected chi connectivity index (χ3v) is 3.25. The molecule has 1 saturated heterocycles. The van der Waals surface area contributed by atoms with Gasteiger partial charge >= 0.3 is 0 Å². The second-order valence-corrected chi connectivity index (χ2v) is 4.50. The molecule has 1 atom stereocenters. The second kappa shape index (κ2) is 6.18. The van der Waals surface area contributed by atoms with Crippen molar-refractivity contribution < 1.29 is 8.94 Å². The number of rotatable bonds is 4. The Bertz CT molecular complexity index is 500. The number of likely N-dealkylation sites (N-methyl/N-ethyl adjacent to an activating group) is 1. The summed E-state index contributed by atoms with van der Waals surface area (Å²) in [6.45, 7) is 2.78. The van der Waals surface area contributed by atoms with E-state index in [-0.39, 0.29) is 12.4 Å². The highest BCUT2D eigenvalue weighted by molar-refractivity contribution is 5.85. The highest BCUT2D eigenvalue weighted by atomic mass is 35.5. The average molecular weight is 285 g/mol. The summed E-state index contributed by atoms with van der Waals surface area (Å²) in [4.78, 5) is 6.64.